The van der Waals surface area contributed by atoms with Crippen molar-refractivity contribution in [2.45, 2.75) is 29.7 Å². The van der Waals surface area contributed by atoms with Gasteiger partial charge in [0, 0.05) is 12.8 Å². The summed E-state index contributed by atoms with van der Waals surface area (Å²) in [6.07, 6.45) is 2.81. The Balaban J connectivity index is 2.04. The van der Waals surface area contributed by atoms with E-state index in [0.717, 1.165) is 19.3 Å². The molecule has 1 fully saturated rings. The molecule has 1 aliphatic rings. The maximum Gasteiger partial charge on any atom is 0.319 e. The van der Waals surface area contributed by atoms with Crippen LogP contribution in [-0.4, -0.2) is 40.8 Å². The first-order valence-electron chi connectivity index (χ1n) is 7.02. The molecule has 0 radical (unpaired) electrons. The summed E-state index contributed by atoms with van der Waals surface area (Å²) < 4.78 is 30.9. The summed E-state index contributed by atoms with van der Waals surface area (Å²) >= 11 is 0. The van der Waals surface area contributed by atoms with Crippen LogP contribution in [0, 0.1) is 0 Å². The SMILES string of the molecule is CNS(=O)(=O)c1cccc(NC(=O)NC2(COC)CCC2)c1. The summed E-state index contributed by atoms with van der Waals surface area (Å²) in [5.41, 5.74) is 0.105. The van der Waals surface area contributed by atoms with E-state index in [1.807, 2.05) is 0 Å². The fraction of sp³-hybridized carbons (Fsp3) is 0.500. The number of benzene rings is 1. The molecule has 0 spiro atoms. The van der Waals surface area contributed by atoms with E-state index in [0.29, 0.717) is 12.3 Å². The smallest absolute Gasteiger partial charge is 0.319 e. The van der Waals surface area contributed by atoms with Gasteiger partial charge < -0.3 is 15.4 Å². The first-order chi connectivity index (χ1) is 10.4. The molecule has 0 bridgehead atoms. The minimum Gasteiger partial charge on any atom is -0.382 e. The molecule has 0 atom stereocenters. The average Bonchev–Trinajstić information content (AvgIpc) is 2.45. The van der Waals surface area contributed by atoms with Gasteiger partial charge in [-0.25, -0.2) is 17.9 Å². The van der Waals surface area contributed by atoms with Crippen molar-refractivity contribution in [3.63, 3.8) is 0 Å². The Morgan fingerprint density at radius 2 is 2.09 bits per heavy atom. The Labute approximate surface area is 130 Å². The Morgan fingerprint density at radius 1 is 1.36 bits per heavy atom. The molecular formula is C14H21N3O4S. The van der Waals surface area contributed by atoms with Crippen molar-refractivity contribution in [3.05, 3.63) is 24.3 Å². The van der Waals surface area contributed by atoms with Crippen molar-refractivity contribution in [1.29, 1.82) is 0 Å². The van der Waals surface area contributed by atoms with Crippen LogP contribution >= 0.6 is 0 Å². The zero-order chi connectivity index (χ0) is 16.2. The second-order valence-electron chi connectivity index (χ2n) is 5.38. The molecule has 7 nitrogen and oxygen atoms in total. The number of sulfonamides is 1. The number of hydrogen-bond donors (Lipinski definition) is 3. The highest BCUT2D eigenvalue weighted by Crippen LogP contribution is 2.32. The summed E-state index contributed by atoms with van der Waals surface area (Å²) in [6, 6.07) is 5.73. The van der Waals surface area contributed by atoms with Crippen LogP contribution in [0.2, 0.25) is 0 Å². The Bertz CT molecular complexity index is 641. The highest BCUT2D eigenvalue weighted by molar-refractivity contribution is 7.89. The monoisotopic (exact) mass is 327 g/mol. The lowest BCUT2D eigenvalue weighted by atomic mass is 9.77. The van der Waals surface area contributed by atoms with Gasteiger partial charge in [-0.2, -0.15) is 0 Å². The van der Waals surface area contributed by atoms with Crippen molar-refractivity contribution in [2.24, 2.45) is 0 Å². The van der Waals surface area contributed by atoms with Gasteiger partial charge in [-0.05, 0) is 44.5 Å². The lowest BCUT2D eigenvalue weighted by Gasteiger charge is -2.41. The van der Waals surface area contributed by atoms with Crippen LogP contribution in [0.5, 0.6) is 0 Å². The second kappa shape index (κ2) is 6.64. The predicted molar refractivity (Wildman–Crippen MR) is 83.3 cm³/mol. The van der Waals surface area contributed by atoms with Gasteiger partial charge in [0.05, 0.1) is 17.0 Å². The number of methoxy groups -OCH3 is 1. The molecule has 0 aromatic heterocycles. The van der Waals surface area contributed by atoms with E-state index < -0.39 is 10.0 Å². The molecule has 1 saturated carbocycles. The topological polar surface area (TPSA) is 96.5 Å². The zero-order valence-corrected chi connectivity index (χ0v) is 13.5. The molecule has 1 aliphatic carbocycles. The molecule has 1 aromatic rings. The fourth-order valence-corrected chi connectivity index (χ4v) is 3.22. The first-order valence-corrected chi connectivity index (χ1v) is 8.51. The van der Waals surface area contributed by atoms with E-state index in [9.17, 15) is 13.2 Å². The lowest BCUT2D eigenvalue weighted by molar-refractivity contribution is 0.0648. The summed E-state index contributed by atoms with van der Waals surface area (Å²) in [7, 11) is -0.592. The molecule has 122 valence electrons. The number of carbonyl (C=O) groups excluding carboxylic acids is 1. The highest BCUT2D eigenvalue weighted by atomic mass is 32.2. The standard InChI is InChI=1S/C14H21N3O4S/c1-15-22(19,20)12-6-3-5-11(9-12)16-13(18)17-14(10-21-2)7-4-8-14/h3,5-6,9,15H,4,7-8,10H2,1-2H3,(H2,16,17,18). The van der Waals surface area contributed by atoms with Crippen molar-refractivity contribution in [2.75, 3.05) is 26.1 Å². The predicted octanol–water partition coefficient (Wildman–Crippen LogP) is 1.29. The molecule has 3 N–H and O–H groups in total. The molecular weight excluding hydrogens is 306 g/mol. The number of amides is 2. The molecule has 2 amide bonds. The summed E-state index contributed by atoms with van der Waals surface area (Å²) in [4.78, 5) is 12.2. The van der Waals surface area contributed by atoms with Gasteiger partial charge in [0.15, 0.2) is 0 Å². The van der Waals surface area contributed by atoms with Gasteiger partial charge in [-0.15, -0.1) is 0 Å². The molecule has 8 heteroatoms. The van der Waals surface area contributed by atoms with Crippen LogP contribution in [0.4, 0.5) is 10.5 Å². The van der Waals surface area contributed by atoms with Gasteiger partial charge in [0.1, 0.15) is 0 Å². The highest BCUT2D eigenvalue weighted by Gasteiger charge is 2.38. The van der Waals surface area contributed by atoms with E-state index in [2.05, 4.69) is 15.4 Å². The number of urea groups is 1. The van der Waals surface area contributed by atoms with Gasteiger partial charge in [-0.1, -0.05) is 6.07 Å². The van der Waals surface area contributed by atoms with Crippen molar-refractivity contribution < 1.29 is 17.9 Å². The Morgan fingerprint density at radius 3 is 2.64 bits per heavy atom. The normalized spacial score (nSPS) is 16.6. The van der Waals surface area contributed by atoms with Crippen LogP contribution in [0.25, 0.3) is 0 Å². The van der Waals surface area contributed by atoms with Crippen LogP contribution in [0.3, 0.4) is 0 Å². The van der Waals surface area contributed by atoms with Crippen molar-refractivity contribution in [3.8, 4) is 0 Å². The average molecular weight is 327 g/mol. The molecule has 0 saturated heterocycles. The Hall–Kier alpha value is -1.64. The molecule has 0 unspecified atom stereocenters. The molecule has 1 aromatic carbocycles. The molecule has 2 rings (SSSR count). The third-order valence-electron chi connectivity index (χ3n) is 3.78. The number of nitrogens with one attached hydrogen (secondary N) is 3. The maximum absolute atomic E-state index is 12.1. The molecule has 22 heavy (non-hydrogen) atoms. The number of carbonyl (C=O) groups is 1. The van der Waals surface area contributed by atoms with E-state index in [-0.39, 0.29) is 16.5 Å². The van der Waals surface area contributed by atoms with Crippen molar-refractivity contribution in [1.82, 2.24) is 10.0 Å². The fourth-order valence-electron chi connectivity index (χ4n) is 2.45. The van der Waals surface area contributed by atoms with Gasteiger partial charge >= 0.3 is 6.03 Å². The first kappa shape index (κ1) is 16.7. The third kappa shape index (κ3) is 3.76. The zero-order valence-electron chi connectivity index (χ0n) is 12.7. The lowest BCUT2D eigenvalue weighted by Crippen LogP contribution is -2.57. The number of anilines is 1. The van der Waals surface area contributed by atoms with Crippen LogP contribution in [0.1, 0.15) is 19.3 Å². The van der Waals surface area contributed by atoms with Gasteiger partial charge in [0.25, 0.3) is 0 Å². The summed E-state index contributed by atoms with van der Waals surface area (Å²) in [5.74, 6) is 0. The molecule has 0 heterocycles. The number of hydrogen-bond acceptors (Lipinski definition) is 4. The van der Waals surface area contributed by atoms with Crippen LogP contribution in [0.15, 0.2) is 29.2 Å². The summed E-state index contributed by atoms with van der Waals surface area (Å²) in [6.45, 7) is 0.467. The van der Waals surface area contributed by atoms with Gasteiger partial charge in [0.2, 0.25) is 10.0 Å². The molecule has 0 aliphatic heterocycles. The van der Waals surface area contributed by atoms with Gasteiger partial charge in [-0.3, -0.25) is 0 Å². The minimum atomic E-state index is -3.54. The van der Waals surface area contributed by atoms with E-state index in [1.54, 1.807) is 19.2 Å². The Kier molecular flexibility index (Phi) is 5.05. The number of rotatable bonds is 6. The third-order valence-corrected chi connectivity index (χ3v) is 5.19. The number of ether oxygens (including phenoxy) is 1. The van der Waals surface area contributed by atoms with Crippen LogP contribution in [-0.2, 0) is 14.8 Å². The van der Waals surface area contributed by atoms with E-state index in [4.69, 9.17) is 4.74 Å². The van der Waals surface area contributed by atoms with E-state index >= 15 is 0 Å². The van der Waals surface area contributed by atoms with Crippen molar-refractivity contribution >= 4 is 21.7 Å². The largest absolute Gasteiger partial charge is 0.382 e. The van der Waals surface area contributed by atoms with Crippen LogP contribution < -0.4 is 15.4 Å². The quantitative estimate of drug-likeness (QED) is 0.733. The van der Waals surface area contributed by atoms with E-state index in [1.165, 1.54) is 19.2 Å². The summed E-state index contributed by atoms with van der Waals surface area (Å²) in [5, 5.41) is 5.57. The second-order valence-corrected chi connectivity index (χ2v) is 7.27. The minimum absolute atomic E-state index is 0.100. The maximum atomic E-state index is 12.1.